The van der Waals surface area contributed by atoms with Gasteiger partial charge in [-0.25, -0.2) is 13.1 Å². The van der Waals surface area contributed by atoms with Gasteiger partial charge in [0.1, 0.15) is 11.3 Å². The summed E-state index contributed by atoms with van der Waals surface area (Å²) in [4.78, 5) is 36.2. The maximum Gasteiger partial charge on any atom is 0.264 e. The minimum absolute atomic E-state index is 0.0997. The molecule has 178 valence electrons. The van der Waals surface area contributed by atoms with E-state index < -0.39 is 21.8 Å². The molecule has 2 N–H and O–H groups in total. The van der Waals surface area contributed by atoms with Crippen LogP contribution in [0.3, 0.4) is 0 Å². The number of fused-ring (bicyclic) bond motifs is 1. The van der Waals surface area contributed by atoms with E-state index in [2.05, 4.69) is 5.32 Å². The molecule has 3 aromatic carbocycles. The molecule has 0 unspecified atom stereocenters. The van der Waals surface area contributed by atoms with Gasteiger partial charge in [-0.15, -0.1) is 0 Å². The maximum absolute atomic E-state index is 12.6. The Morgan fingerprint density at radius 1 is 0.886 bits per heavy atom. The van der Waals surface area contributed by atoms with Crippen molar-refractivity contribution in [3.8, 4) is 11.3 Å². The number of hydrogen-bond acceptors (Lipinski definition) is 6. The van der Waals surface area contributed by atoms with Crippen LogP contribution in [0.15, 0.2) is 80.8 Å². The molecule has 4 rings (SSSR count). The number of carbonyl (C=O) groups is 2. The Bertz CT molecular complexity index is 1620. The molecule has 0 aliphatic carbocycles. The predicted octanol–water partition coefficient (Wildman–Crippen LogP) is 4.15. The number of sulfonamides is 1. The highest BCUT2D eigenvalue weighted by atomic mass is 32.2. The van der Waals surface area contributed by atoms with E-state index in [0.29, 0.717) is 33.5 Å². The Balaban J connectivity index is 1.53. The molecule has 0 saturated heterocycles. The summed E-state index contributed by atoms with van der Waals surface area (Å²) in [6.45, 7) is 4.91. The van der Waals surface area contributed by atoms with E-state index in [0.717, 1.165) is 18.1 Å². The van der Waals surface area contributed by atoms with Crippen LogP contribution in [-0.2, 0) is 14.8 Å². The van der Waals surface area contributed by atoms with Gasteiger partial charge in [-0.1, -0.05) is 18.2 Å². The highest BCUT2D eigenvalue weighted by molar-refractivity contribution is 7.90. The molecule has 35 heavy (non-hydrogen) atoms. The fourth-order valence-electron chi connectivity index (χ4n) is 3.71. The van der Waals surface area contributed by atoms with E-state index in [9.17, 15) is 22.8 Å². The zero-order valence-electron chi connectivity index (χ0n) is 19.2. The molecule has 1 aromatic heterocycles. The highest BCUT2D eigenvalue weighted by Crippen LogP contribution is 2.25. The molecule has 0 fully saturated rings. The molecule has 0 aliphatic heterocycles. The lowest BCUT2D eigenvalue weighted by Crippen LogP contribution is -2.28. The number of amides is 2. The van der Waals surface area contributed by atoms with Gasteiger partial charge in [-0.2, -0.15) is 0 Å². The number of rotatable bonds is 5. The zero-order valence-corrected chi connectivity index (χ0v) is 20.0. The van der Waals surface area contributed by atoms with Crippen molar-refractivity contribution in [3.63, 3.8) is 0 Å². The van der Waals surface area contributed by atoms with Crippen molar-refractivity contribution in [3.05, 3.63) is 93.6 Å². The third-order valence-electron chi connectivity index (χ3n) is 5.29. The summed E-state index contributed by atoms with van der Waals surface area (Å²) < 4.78 is 31.9. The summed E-state index contributed by atoms with van der Waals surface area (Å²) in [5, 5.41) is 3.21. The van der Waals surface area contributed by atoms with Crippen LogP contribution in [0.5, 0.6) is 0 Å². The number of carbonyl (C=O) groups excluding carboxylic acids is 2. The van der Waals surface area contributed by atoms with Crippen LogP contribution in [0.4, 0.5) is 5.69 Å². The van der Waals surface area contributed by atoms with Crippen LogP contribution in [0.1, 0.15) is 28.4 Å². The minimum atomic E-state index is -3.95. The Kier molecular flexibility index (Phi) is 6.27. The lowest BCUT2D eigenvalue weighted by atomic mass is 10.1. The summed E-state index contributed by atoms with van der Waals surface area (Å²) in [5.41, 5.74) is 3.63. The van der Waals surface area contributed by atoms with Gasteiger partial charge in [-0.05, 0) is 67.4 Å². The second kappa shape index (κ2) is 9.19. The Morgan fingerprint density at radius 2 is 1.54 bits per heavy atom. The molecule has 0 bridgehead atoms. The van der Waals surface area contributed by atoms with Crippen LogP contribution in [0, 0.1) is 13.8 Å². The number of hydrogen-bond donors (Lipinski definition) is 2. The monoisotopic (exact) mass is 490 g/mol. The Hall–Kier alpha value is -4.24. The van der Waals surface area contributed by atoms with Gasteiger partial charge in [0.2, 0.25) is 5.91 Å². The normalized spacial score (nSPS) is 11.3. The smallest absolute Gasteiger partial charge is 0.264 e. The summed E-state index contributed by atoms with van der Waals surface area (Å²) in [5.74, 6) is -0.697. The van der Waals surface area contributed by atoms with Gasteiger partial charge in [0, 0.05) is 29.8 Å². The first-order valence-corrected chi connectivity index (χ1v) is 12.1. The highest BCUT2D eigenvalue weighted by Gasteiger charge is 2.16. The van der Waals surface area contributed by atoms with Crippen molar-refractivity contribution in [2.45, 2.75) is 25.7 Å². The first kappa shape index (κ1) is 23.9. The fraction of sp³-hybridized carbons (Fsp3) is 0.115. The van der Waals surface area contributed by atoms with Crippen molar-refractivity contribution < 1.29 is 22.4 Å². The second-order valence-electron chi connectivity index (χ2n) is 8.15. The van der Waals surface area contributed by atoms with Crippen LogP contribution >= 0.6 is 0 Å². The van der Waals surface area contributed by atoms with Crippen molar-refractivity contribution in [1.82, 2.24) is 4.72 Å². The van der Waals surface area contributed by atoms with Gasteiger partial charge in [0.05, 0.1) is 10.3 Å². The standard InChI is InChI=1S/C26H22N2O6S/c1-15-12-16(2)25-22(13-15)23(30)14-24(34-25)18-4-6-19(7-5-18)26(31)27-20-8-10-21(11-9-20)35(32,33)28-17(3)29/h4-14H,1-3H3,(H,27,31)(H,28,29). The summed E-state index contributed by atoms with van der Waals surface area (Å²) in [6, 6.07) is 17.2. The number of nitrogens with one attached hydrogen (secondary N) is 2. The average Bonchev–Trinajstić information content (AvgIpc) is 2.79. The molecule has 0 atom stereocenters. The predicted molar refractivity (Wildman–Crippen MR) is 133 cm³/mol. The van der Waals surface area contributed by atoms with Crippen molar-refractivity contribution in [2.75, 3.05) is 5.32 Å². The number of anilines is 1. The first-order valence-electron chi connectivity index (χ1n) is 10.6. The van der Waals surface area contributed by atoms with E-state index in [1.807, 2.05) is 24.6 Å². The van der Waals surface area contributed by atoms with Gasteiger partial charge in [0.15, 0.2) is 5.43 Å². The third-order valence-corrected chi connectivity index (χ3v) is 6.74. The lowest BCUT2D eigenvalue weighted by Gasteiger charge is -2.09. The van der Waals surface area contributed by atoms with Crippen LogP contribution in [-0.4, -0.2) is 20.2 Å². The Labute approximate surface area is 201 Å². The topological polar surface area (TPSA) is 123 Å². The molecule has 9 heteroatoms. The molecule has 4 aromatic rings. The summed E-state index contributed by atoms with van der Waals surface area (Å²) in [7, 11) is -3.95. The van der Waals surface area contributed by atoms with Crippen LogP contribution in [0.25, 0.3) is 22.3 Å². The molecular formula is C26H22N2O6S. The zero-order chi connectivity index (χ0) is 25.3. The molecule has 0 radical (unpaired) electrons. The van der Waals surface area contributed by atoms with Gasteiger partial charge >= 0.3 is 0 Å². The lowest BCUT2D eigenvalue weighted by molar-refractivity contribution is -0.117. The molecule has 2 amide bonds. The number of benzene rings is 3. The first-order chi connectivity index (χ1) is 16.5. The van der Waals surface area contributed by atoms with Crippen LogP contribution < -0.4 is 15.5 Å². The van der Waals surface area contributed by atoms with E-state index in [1.54, 1.807) is 30.3 Å². The largest absolute Gasteiger partial charge is 0.456 e. The Morgan fingerprint density at radius 3 is 2.17 bits per heavy atom. The van der Waals surface area contributed by atoms with Gasteiger partial charge < -0.3 is 9.73 Å². The molecule has 0 spiro atoms. The van der Waals surface area contributed by atoms with Crippen molar-refractivity contribution in [2.24, 2.45) is 0 Å². The minimum Gasteiger partial charge on any atom is -0.456 e. The maximum atomic E-state index is 12.6. The van der Waals surface area contributed by atoms with E-state index >= 15 is 0 Å². The third kappa shape index (κ3) is 5.15. The average molecular weight is 491 g/mol. The molecule has 8 nitrogen and oxygen atoms in total. The molecule has 1 heterocycles. The van der Waals surface area contributed by atoms with Crippen molar-refractivity contribution in [1.29, 1.82) is 0 Å². The van der Waals surface area contributed by atoms with E-state index in [1.165, 1.54) is 30.3 Å². The number of aryl methyl sites for hydroxylation is 2. The van der Waals surface area contributed by atoms with Crippen LogP contribution in [0.2, 0.25) is 0 Å². The van der Waals surface area contributed by atoms with E-state index in [-0.39, 0.29) is 10.3 Å². The SMILES string of the molecule is CC(=O)NS(=O)(=O)c1ccc(NC(=O)c2ccc(-c3cc(=O)c4cc(C)cc(C)c4o3)cc2)cc1. The summed E-state index contributed by atoms with van der Waals surface area (Å²) in [6.07, 6.45) is 0. The quantitative estimate of drug-likeness (QED) is 0.433. The van der Waals surface area contributed by atoms with Gasteiger partial charge in [0.25, 0.3) is 15.9 Å². The fourth-order valence-corrected chi connectivity index (χ4v) is 4.70. The van der Waals surface area contributed by atoms with Crippen molar-refractivity contribution >= 4 is 38.5 Å². The molecule has 0 saturated carbocycles. The van der Waals surface area contributed by atoms with Gasteiger partial charge in [-0.3, -0.25) is 14.4 Å². The van der Waals surface area contributed by atoms with E-state index in [4.69, 9.17) is 4.42 Å². The molecular weight excluding hydrogens is 468 g/mol. The molecule has 0 aliphatic rings. The second-order valence-corrected chi connectivity index (χ2v) is 9.83. The summed E-state index contributed by atoms with van der Waals surface area (Å²) >= 11 is 0.